The Labute approximate surface area is 138 Å². The highest BCUT2D eigenvalue weighted by Crippen LogP contribution is 2.22. The van der Waals surface area contributed by atoms with E-state index in [2.05, 4.69) is 15.3 Å². The third-order valence-electron chi connectivity index (χ3n) is 3.78. The molecule has 3 rings (SSSR count). The number of carbonyl (C=O) groups excluding carboxylic acids is 1. The molecule has 0 spiro atoms. The van der Waals surface area contributed by atoms with Crippen molar-refractivity contribution in [1.82, 2.24) is 14.9 Å². The number of halogens is 2. The first kappa shape index (κ1) is 16.1. The Morgan fingerprint density at radius 1 is 1.12 bits per heavy atom. The van der Waals surface area contributed by atoms with Crippen molar-refractivity contribution in [1.29, 1.82) is 0 Å². The lowest BCUT2D eigenvalue weighted by molar-refractivity contribution is -0.118. The van der Waals surface area contributed by atoms with Crippen LogP contribution >= 0.6 is 0 Å². The highest BCUT2D eigenvalue weighted by Gasteiger charge is 2.18. The maximum atomic E-state index is 13.8. The molecule has 1 aromatic heterocycles. The van der Waals surface area contributed by atoms with E-state index in [-0.39, 0.29) is 5.69 Å². The van der Waals surface area contributed by atoms with Gasteiger partial charge in [0.05, 0.1) is 5.69 Å². The maximum absolute atomic E-state index is 13.8. The van der Waals surface area contributed by atoms with Gasteiger partial charge in [0.15, 0.2) is 0 Å². The Balaban J connectivity index is 1.80. The van der Waals surface area contributed by atoms with Crippen LogP contribution in [-0.2, 0) is 4.79 Å². The fourth-order valence-electron chi connectivity index (χ4n) is 2.51. The molecule has 2 aromatic rings. The summed E-state index contributed by atoms with van der Waals surface area (Å²) in [6, 6.07) is 5.01. The Bertz CT molecular complexity index is 747. The molecule has 1 aliphatic heterocycles. The minimum Gasteiger partial charge on any atom is -0.342 e. The molecule has 1 fully saturated rings. The fraction of sp³-hybridized carbons (Fsp3) is 0.312. The molecule has 6 nitrogen and oxygen atoms in total. The first-order valence-corrected chi connectivity index (χ1v) is 7.57. The zero-order valence-corrected chi connectivity index (χ0v) is 13.2. The van der Waals surface area contributed by atoms with Gasteiger partial charge in [-0.3, -0.25) is 4.79 Å². The molecule has 1 aromatic carbocycles. The first-order chi connectivity index (χ1) is 11.5. The van der Waals surface area contributed by atoms with Crippen molar-refractivity contribution in [3.05, 3.63) is 41.6 Å². The standard InChI is InChI=1S/C16H17F2N5O/c1-11-8-15(20-14-3-2-12(17)9-13(14)18)21-16(19-11)23-6-4-22(10-24)5-7-23/h2-3,8-10H,4-7H2,1H3,(H,19,20,21). The number of anilines is 3. The Morgan fingerprint density at radius 2 is 1.88 bits per heavy atom. The maximum Gasteiger partial charge on any atom is 0.227 e. The molecule has 8 heteroatoms. The number of hydrogen-bond donors (Lipinski definition) is 1. The van der Waals surface area contributed by atoms with Gasteiger partial charge in [0.2, 0.25) is 12.4 Å². The van der Waals surface area contributed by atoms with Crippen LogP contribution in [0.3, 0.4) is 0 Å². The third kappa shape index (κ3) is 3.58. The summed E-state index contributed by atoms with van der Waals surface area (Å²) >= 11 is 0. The highest BCUT2D eigenvalue weighted by molar-refractivity contribution is 5.58. The van der Waals surface area contributed by atoms with E-state index in [1.165, 1.54) is 12.1 Å². The van der Waals surface area contributed by atoms with Crippen LogP contribution in [0.2, 0.25) is 0 Å². The minimum absolute atomic E-state index is 0.145. The van der Waals surface area contributed by atoms with Crippen LogP contribution in [0.5, 0.6) is 0 Å². The lowest BCUT2D eigenvalue weighted by atomic mass is 10.3. The number of aromatic nitrogens is 2. The van der Waals surface area contributed by atoms with Gasteiger partial charge in [0, 0.05) is 44.0 Å². The predicted octanol–water partition coefficient (Wildman–Crippen LogP) is 2.09. The molecule has 1 amide bonds. The van der Waals surface area contributed by atoms with Crippen molar-refractivity contribution in [2.24, 2.45) is 0 Å². The van der Waals surface area contributed by atoms with Gasteiger partial charge in [0.25, 0.3) is 0 Å². The molecule has 0 atom stereocenters. The molecule has 1 aliphatic rings. The molecule has 1 N–H and O–H groups in total. The van der Waals surface area contributed by atoms with E-state index in [4.69, 9.17) is 0 Å². The van der Waals surface area contributed by atoms with E-state index in [0.717, 1.165) is 18.2 Å². The second-order valence-corrected chi connectivity index (χ2v) is 5.57. The SMILES string of the molecule is Cc1cc(Nc2ccc(F)cc2F)nc(N2CCN(C=O)CC2)n1. The predicted molar refractivity (Wildman–Crippen MR) is 86.3 cm³/mol. The summed E-state index contributed by atoms with van der Waals surface area (Å²) in [5.41, 5.74) is 0.870. The number of piperazine rings is 1. The lowest BCUT2D eigenvalue weighted by Crippen LogP contribution is -2.46. The van der Waals surface area contributed by atoms with Crippen molar-refractivity contribution in [3.8, 4) is 0 Å². The van der Waals surface area contributed by atoms with Crippen molar-refractivity contribution < 1.29 is 13.6 Å². The van der Waals surface area contributed by atoms with Crippen LogP contribution < -0.4 is 10.2 Å². The summed E-state index contributed by atoms with van der Waals surface area (Å²) in [5, 5.41) is 2.85. The molecular weight excluding hydrogens is 316 g/mol. The molecule has 2 heterocycles. The van der Waals surface area contributed by atoms with Gasteiger partial charge in [-0.2, -0.15) is 4.98 Å². The van der Waals surface area contributed by atoms with Crippen molar-refractivity contribution >= 4 is 23.9 Å². The van der Waals surface area contributed by atoms with Crippen LogP contribution in [0.1, 0.15) is 5.69 Å². The zero-order chi connectivity index (χ0) is 17.1. The summed E-state index contributed by atoms with van der Waals surface area (Å²) < 4.78 is 26.8. The normalized spacial score (nSPS) is 14.6. The van der Waals surface area contributed by atoms with Crippen LogP contribution in [0.25, 0.3) is 0 Å². The molecule has 0 unspecified atom stereocenters. The molecule has 0 aliphatic carbocycles. The molecule has 0 saturated carbocycles. The quantitative estimate of drug-likeness (QED) is 0.868. The molecule has 1 saturated heterocycles. The lowest BCUT2D eigenvalue weighted by Gasteiger charge is -2.32. The van der Waals surface area contributed by atoms with Gasteiger partial charge >= 0.3 is 0 Å². The Kier molecular flexibility index (Phi) is 4.54. The molecular formula is C16H17F2N5O. The minimum atomic E-state index is -0.688. The third-order valence-corrected chi connectivity index (χ3v) is 3.78. The average Bonchev–Trinajstić information content (AvgIpc) is 2.57. The molecule has 0 bridgehead atoms. The summed E-state index contributed by atoms with van der Waals surface area (Å²) in [6.45, 7) is 4.30. The van der Waals surface area contributed by atoms with E-state index < -0.39 is 11.6 Å². The van der Waals surface area contributed by atoms with Crippen molar-refractivity contribution in [2.75, 3.05) is 36.4 Å². The van der Waals surface area contributed by atoms with Gasteiger partial charge in [-0.1, -0.05) is 0 Å². The van der Waals surface area contributed by atoms with E-state index in [0.29, 0.717) is 37.9 Å². The van der Waals surface area contributed by atoms with Gasteiger partial charge in [-0.15, -0.1) is 0 Å². The second kappa shape index (κ2) is 6.77. The Morgan fingerprint density at radius 3 is 2.54 bits per heavy atom. The number of hydrogen-bond acceptors (Lipinski definition) is 5. The zero-order valence-electron chi connectivity index (χ0n) is 13.2. The second-order valence-electron chi connectivity index (χ2n) is 5.57. The number of rotatable bonds is 4. The van der Waals surface area contributed by atoms with Crippen LogP contribution in [0.15, 0.2) is 24.3 Å². The highest BCUT2D eigenvalue weighted by atomic mass is 19.1. The number of nitrogens with one attached hydrogen (secondary N) is 1. The number of amides is 1. The topological polar surface area (TPSA) is 61.4 Å². The number of aryl methyl sites for hydroxylation is 1. The van der Waals surface area contributed by atoms with E-state index >= 15 is 0 Å². The largest absolute Gasteiger partial charge is 0.342 e. The smallest absolute Gasteiger partial charge is 0.227 e. The summed E-state index contributed by atoms with van der Waals surface area (Å²) in [5.74, 6) is -0.371. The van der Waals surface area contributed by atoms with Gasteiger partial charge < -0.3 is 15.1 Å². The first-order valence-electron chi connectivity index (χ1n) is 7.57. The number of benzene rings is 1. The van der Waals surface area contributed by atoms with Gasteiger partial charge in [-0.25, -0.2) is 13.8 Å². The van der Waals surface area contributed by atoms with E-state index in [9.17, 15) is 13.6 Å². The van der Waals surface area contributed by atoms with Gasteiger partial charge in [-0.05, 0) is 19.1 Å². The molecule has 126 valence electrons. The average molecular weight is 333 g/mol. The van der Waals surface area contributed by atoms with E-state index in [1.807, 2.05) is 11.8 Å². The van der Waals surface area contributed by atoms with Gasteiger partial charge in [0.1, 0.15) is 17.5 Å². The number of nitrogens with zero attached hydrogens (tertiary/aromatic N) is 4. The molecule has 0 radical (unpaired) electrons. The fourth-order valence-corrected chi connectivity index (χ4v) is 2.51. The van der Waals surface area contributed by atoms with E-state index in [1.54, 1.807) is 11.0 Å². The van der Waals surface area contributed by atoms with Crippen molar-refractivity contribution in [3.63, 3.8) is 0 Å². The van der Waals surface area contributed by atoms with Crippen LogP contribution in [0.4, 0.5) is 26.2 Å². The summed E-state index contributed by atoms with van der Waals surface area (Å²) in [4.78, 5) is 23.2. The molecule has 24 heavy (non-hydrogen) atoms. The number of carbonyl (C=O) groups is 1. The summed E-state index contributed by atoms with van der Waals surface area (Å²) in [6.07, 6.45) is 0.832. The van der Waals surface area contributed by atoms with Crippen molar-refractivity contribution in [2.45, 2.75) is 6.92 Å². The van der Waals surface area contributed by atoms with Crippen LogP contribution in [-0.4, -0.2) is 47.5 Å². The Hall–Kier alpha value is -2.77. The van der Waals surface area contributed by atoms with Crippen LogP contribution in [0, 0.1) is 18.6 Å². The monoisotopic (exact) mass is 333 g/mol. The summed E-state index contributed by atoms with van der Waals surface area (Å²) in [7, 11) is 0.